The van der Waals surface area contributed by atoms with Gasteiger partial charge in [0.25, 0.3) is 5.91 Å². The number of ether oxygens (including phenoxy) is 1. The molecule has 0 fully saturated rings. The number of anilines is 2. The molecule has 0 spiro atoms. The number of benzene rings is 2. The standard InChI is InChI=1S/C27H29N5O3S/c1-18-6-5-7-21(14-18)31-27(34)30-20-8-10-22(11-9-20)35-23-12-13-28-25(16-23)24-15-19(17-29-24)26(33)32-36(2,3)4/h5-17,29,36H,1-4H3,(H2,30,31,34). The van der Waals surface area contributed by atoms with Gasteiger partial charge < -0.3 is 20.4 Å². The highest BCUT2D eigenvalue weighted by Gasteiger charge is 2.11. The van der Waals surface area contributed by atoms with Gasteiger partial charge in [0.15, 0.2) is 0 Å². The third-order valence-electron chi connectivity index (χ3n) is 4.95. The summed E-state index contributed by atoms with van der Waals surface area (Å²) in [5, 5.41) is 5.61. The van der Waals surface area contributed by atoms with Crippen molar-refractivity contribution >= 4 is 33.1 Å². The number of hydrogen-bond donors (Lipinski definition) is 4. The van der Waals surface area contributed by atoms with Crippen LogP contribution < -0.4 is 15.4 Å². The number of aromatic nitrogens is 2. The summed E-state index contributed by atoms with van der Waals surface area (Å²) in [6.07, 6.45) is 9.26. The van der Waals surface area contributed by atoms with Gasteiger partial charge in [0, 0.05) is 29.8 Å². The van der Waals surface area contributed by atoms with Gasteiger partial charge in [0.2, 0.25) is 0 Å². The minimum atomic E-state index is -1.58. The van der Waals surface area contributed by atoms with Gasteiger partial charge >= 0.3 is 6.03 Å². The Morgan fingerprint density at radius 1 is 0.917 bits per heavy atom. The number of carbonyl (C=O) groups excluding carboxylic acids is 2. The van der Waals surface area contributed by atoms with E-state index in [1.807, 2.05) is 50.0 Å². The summed E-state index contributed by atoms with van der Waals surface area (Å²) in [4.78, 5) is 32.1. The smallest absolute Gasteiger partial charge is 0.323 e. The summed E-state index contributed by atoms with van der Waals surface area (Å²) in [5.74, 6) is 0.963. The Morgan fingerprint density at radius 2 is 1.67 bits per heavy atom. The lowest BCUT2D eigenvalue weighted by atomic mass is 10.2. The third kappa shape index (κ3) is 6.89. The van der Waals surface area contributed by atoms with Gasteiger partial charge in [-0.05, 0) is 79.8 Å². The second-order valence-corrected chi connectivity index (χ2v) is 13.2. The molecule has 0 aliphatic carbocycles. The normalized spacial score (nSPS) is 11.4. The first-order chi connectivity index (χ1) is 17.1. The van der Waals surface area contributed by atoms with E-state index in [0.717, 1.165) is 11.3 Å². The Balaban J connectivity index is 1.39. The number of aryl methyl sites for hydroxylation is 1. The van der Waals surface area contributed by atoms with Crippen LogP contribution in [0, 0.1) is 6.92 Å². The quantitative estimate of drug-likeness (QED) is 0.245. The largest absolute Gasteiger partial charge is 0.457 e. The van der Waals surface area contributed by atoms with E-state index in [4.69, 9.17) is 4.74 Å². The van der Waals surface area contributed by atoms with E-state index in [1.165, 1.54) is 0 Å². The van der Waals surface area contributed by atoms with Gasteiger partial charge in [-0.15, -0.1) is 0 Å². The van der Waals surface area contributed by atoms with E-state index in [0.29, 0.717) is 34.1 Å². The lowest BCUT2D eigenvalue weighted by molar-refractivity contribution is 0.101. The molecule has 9 heteroatoms. The number of thiol groups is 1. The van der Waals surface area contributed by atoms with Crippen LogP contribution in [0.5, 0.6) is 11.5 Å². The van der Waals surface area contributed by atoms with Crippen molar-refractivity contribution in [2.45, 2.75) is 6.92 Å². The first-order valence-electron chi connectivity index (χ1n) is 11.3. The maximum atomic E-state index is 12.4. The van der Waals surface area contributed by atoms with E-state index in [-0.39, 0.29) is 11.9 Å². The molecule has 0 saturated carbocycles. The number of hydrogen-bond acceptors (Lipinski definition) is 4. The zero-order valence-electron chi connectivity index (χ0n) is 20.6. The molecule has 0 saturated heterocycles. The van der Waals surface area contributed by atoms with E-state index in [1.54, 1.807) is 54.9 Å². The summed E-state index contributed by atoms with van der Waals surface area (Å²) in [6.45, 7) is 1.97. The van der Waals surface area contributed by atoms with Crippen molar-refractivity contribution in [1.82, 2.24) is 9.97 Å². The van der Waals surface area contributed by atoms with E-state index in [2.05, 4.69) is 25.0 Å². The fraction of sp³-hybridized carbons (Fsp3) is 0.148. The van der Waals surface area contributed by atoms with Gasteiger partial charge in [-0.2, -0.15) is 9.82 Å². The van der Waals surface area contributed by atoms with Crippen molar-refractivity contribution in [2.24, 2.45) is 4.36 Å². The van der Waals surface area contributed by atoms with Crippen molar-refractivity contribution in [3.63, 3.8) is 0 Å². The van der Waals surface area contributed by atoms with Crippen LogP contribution in [0.25, 0.3) is 11.4 Å². The molecule has 2 heterocycles. The first-order valence-corrected chi connectivity index (χ1v) is 14.4. The Morgan fingerprint density at radius 3 is 2.39 bits per heavy atom. The van der Waals surface area contributed by atoms with Crippen LogP contribution in [-0.4, -0.2) is 40.7 Å². The predicted molar refractivity (Wildman–Crippen MR) is 148 cm³/mol. The monoisotopic (exact) mass is 503 g/mol. The topological polar surface area (TPSA) is 108 Å². The summed E-state index contributed by atoms with van der Waals surface area (Å²) < 4.78 is 10.3. The SMILES string of the molecule is Cc1cccc(NC(=O)Nc2ccc(Oc3ccnc(-c4cc(C(=O)N=[SH](C)(C)C)c[nH]4)c3)cc2)c1. The van der Waals surface area contributed by atoms with Gasteiger partial charge in [-0.1, -0.05) is 12.1 Å². The first kappa shape index (κ1) is 24.9. The van der Waals surface area contributed by atoms with Crippen molar-refractivity contribution in [3.05, 3.63) is 90.3 Å². The molecular weight excluding hydrogens is 474 g/mol. The Labute approximate surface area is 211 Å². The van der Waals surface area contributed by atoms with Gasteiger partial charge in [-0.25, -0.2) is 9.16 Å². The fourth-order valence-electron chi connectivity index (χ4n) is 3.38. The molecule has 36 heavy (non-hydrogen) atoms. The molecule has 3 N–H and O–H groups in total. The second-order valence-electron chi connectivity index (χ2n) is 9.10. The Kier molecular flexibility index (Phi) is 7.30. The highest BCUT2D eigenvalue weighted by molar-refractivity contribution is 8.03. The molecule has 3 amide bonds. The van der Waals surface area contributed by atoms with Crippen molar-refractivity contribution < 1.29 is 14.3 Å². The lowest BCUT2D eigenvalue weighted by Gasteiger charge is -2.10. The molecule has 0 unspecified atom stereocenters. The van der Waals surface area contributed by atoms with Crippen LogP contribution in [0.4, 0.5) is 16.2 Å². The highest BCUT2D eigenvalue weighted by atomic mass is 32.2. The summed E-state index contributed by atoms with van der Waals surface area (Å²) in [7, 11) is -1.58. The van der Waals surface area contributed by atoms with E-state index >= 15 is 0 Å². The van der Waals surface area contributed by atoms with E-state index in [9.17, 15) is 9.59 Å². The zero-order chi connectivity index (χ0) is 25.7. The molecule has 4 aromatic rings. The van der Waals surface area contributed by atoms with Gasteiger partial charge in [0.1, 0.15) is 11.5 Å². The van der Waals surface area contributed by atoms with Crippen LogP contribution >= 0.6 is 0 Å². The molecular formula is C27H29N5O3S. The number of carbonyl (C=O) groups is 2. The van der Waals surface area contributed by atoms with Crippen LogP contribution in [0.3, 0.4) is 0 Å². The molecule has 4 rings (SSSR count). The van der Waals surface area contributed by atoms with Crippen molar-refractivity contribution in [3.8, 4) is 22.9 Å². The average molecular weight is 504 g/mol. The Hall–Kier alpha value is -4.24. The maximum absolute atomic E-state index is 12.4. The van der Waals surface area contributed by atoms with Gasteiger partial charge in [0.05, 0.1) is 17.0 Å². The number of rotatable bonds is 6. The summed E-state index contributed by atoms with van der Waals surface area (Å²) in [6, 6.07) is 19.6. The minimum Gasteiger partial charge on any atom is -0.457 e. The van der Waals surface area contributed by atoms with E-state index < -0.39 is 9.82 Å². The molecule has 0 bridgehead atoms. The number of urea groups is 1. The number of nitrogens with one attached hydrogen (secondary N) is 3. The molecule has 2 aromatic carbocycles. The number of aromatic amines is 1. The number of amides is 3. The molecule has 0 aliphatic rings. The second kappa shape index (κ2) is 10.6. The molecule has 0 atom stereocenters. The van der Waals surface area contributed by atoms with Crippen LogP contribution in [0.1, 0.15) is 15.9 Å². The van der Waals surface area contributed by atoms with Crippen molar-refractivity contribution in [2.75, 3.05) is 29.4 Å². The molecule has 8 nitrogen and oxygen atoms in total. The highest BCUT2D eigenvalue weighted by Crippen LogP contribution is 2.27. The van der Waals surface area contributed by atoms with Crippen molar-refractivity contribution in [1.29, 1.82) is 0 Å². The predicted octanol–water partition coefficient (Wildman–Crippen LogP) is 5.92. The summed E-state index contributed by atoms with van der Waals surface area (Å²) >= 11 is 0. The number of H-pyrrole nitrogens is 1. The lowest BCUT2D eigenvalue weighted by Crippen LogP contribution is -2.19. The average Bonchev–Trinajstić information content (AvgIpc) is 3.30. The third-order valence-corrected chi connectivity index (χ3v) is 5.73. The maximum Gasteiger partial charge on any atom is 0.323 e. The van der Waals surface area contributed by atoms with Crippen LogP contribution in [0.2, 0.25) is 0 Å². The molecule has 2 aromatic heterocycles. The molecule has 0 radical (unpaired) electrons. The number of nitrogens with zero attached hydrogens (tertiary/aromatic N) is 2. The Bertz CT molecular complexity index is 1450. The zero-order valence-corrected chi connectivity index (χ0v) is 21.5. The van der Waals surface area contributed by atoms with Crippen LogP contribution in [0.15, 0.2) is 83.5 Å². The minimum absolute atomic E-state index is 0.230. The molecule has 186 valence electrons. The summed E-state index contributed by atoms with van der Waals surface area (Å²) in [5.41, 5.74) is 4.27. The fourth-order valence-corrected chi connectivity index (χ4v) is 4.04. The van der Waals surface area contributed by atoms with Crippen LogP contribution in [-0.2, 0) is 9.82 Å². The van der Waals surface area contributed by atoms with Gasteiger partial charge in [-0.3, -0.25) is 9.78 Å². The number of pyridine rings is 1. The molecule has 0 aliphatic heterocycles.